The maximum Gasteiger partial charge on any atom is 0.0637 e. The Kier molecular flexibility index (Phi) is 4.79. The van der Waals surface area contributed by atoms with E-state index in [4.69, 9.17) is 4.74 Å². The number of benzene rings is 1. The van der Waals surface area contributed by atoms with Crippen molar-refractivity contribution in [1.82, 2.24) is 4.90 Å². The van der Waals surface area contributed by atoms with E-state index in [-0.39, 0.29) is 0 Å². The lowest BCUT2D eigenvalue weighted by Crippen LogP contribution is -2.16. The summed E-state index contributed by atoms with van der Waals surface area (Å²) in [4.78, 5) is 2.11. The molecule has 0 radical (unpaired) electrons. The zero-order valence-corrected chi connectivity index (χ0v) is 8.81. The third-order valence-corrected chi connectivity index (χ3v) is 1.97. The first-order chi connectivity index (χ1) is 6.83. The van der Waals surface area contributed by atoms with Crippen LogP contribution < -0.4 is 0 Å². The van der Waals surface area contributed by atoms with Crippen molar-refractivity contribution in [3.8, 4) is 0 Å². The fourth-order valence-corrected chi connectivity index (χ4v) is 1.09. The molecule has 0 aliphatic heterocycles. The maximum atomic E-state index is 4.99. The molecule has 76 valence electrons. The number of nitrogens with zero attached hydrogens (tertiary/aromatic N) is 1. The predicted molar refractivity (Wildman–Crippen MR) is 60.0 cm³/mol. The lowest BCUT2D eigenvalue weighted by Gasteiger charge is -2.12. The summed E-state index contributed by atoms with van der Waals surface area (Å²) in [6, 6.07) is 10.3. The Labute approximate surface area is 85.8 Å². The minimum atomic E-state index is 0.760. The summed E-state index contributed by atoms with van der Waals surface area (Å²) in [6.07, 6.45) is 4.16. The van der Waals surface area contributed by atoms with Crippen LogP contribution in [0.15, 0.2) is 36.5 Å². The quantitative estimate of drug-likeness (QED) is 0.707. The minimum absolute atomic E-state index is 0.760. The second-order valence-electron chi connectivity index (χ2n) is 3.20. The van der Waals surface area contributed by atoms with E-state index >= 15 is 0 Å². The van der Waals surface area contributed by atoms with Crippen molar-refractivity contribution in [2.24, 2.45) is 0 Å². The van der Waals surface area contributed by atoms with E-state index in [1.807, 2.05) is 25.2 Å². The van der Waals surface area contributed by atoms with Gasteiger partial charge in [0, 0.05) is 20.7 Å². The molecule has 0 fully saturated rings. The van der Waals surface area contributed by atoms with Gasteiger partial charge in [-0.15, -0.1) is 0 Å². The Morgan fingerprint density at radius 3 is 2.64 bits per heavy atom. The standard InChI is InChI=1S/C12H17NO/c1-13(10-11-14-2)9-8-12-6-4-3-5-7-12/h3-9H,10-11H2,1-2H3/b9-8+. The molecule has 2 nitrogen and oxygen atoms in total. The van der Waals surface area contributed by atoms with Crippen LogP contribution in [0.5, 0.6) is 0 Å². The molecule has 0 spiro atoms. The highest BCUT2D eigenvalue weighted by molar-refractivity contribution is 5.48. The van der Waals surface area contributed by atoms with Crippen molar-refractivity contribution in [2.75, 3.05) is 27.3 Å². The van der Waals surface area contributed by atoms with Crippen molar-refractivity contribution in [1.29, 1.82) is 0 Å². The highest BCUT2D eigenvalue weighted by atomic mass is 16.5. The first kappa shape index (κ1) is 10.8. The van der Waals surface area contributed by atoms with Gasteiger partial charge in [0.15, 0.2) is 0 Å². The van der Waals surface area contributed by atoms with Crippen LogP contribution in [0.4, 0.5) is 0 Å². The van der Waals surface area contributed by atoms with E-state index in [0.29, 0.717) is 0 Å². The van der Waals surface area contributed by atoms with E-state index in [9.17, 15) is 0 Å². The molecule has 0 amide bonds. The van der Waals surface area contributed by atoms with Gasteiger partial charge in [0.25, 0.3) is 0 Å². The molecule has 0 saturated heterocycles. The van der Waals surface area contributed by atoms with Crippen molar-refractivity contribution in [3.63, 3.8) is 0 Å². The van der Waals surface area contributed by atoms with Gasteiger partial charge in [-0.25, -0.2) is 0 Å². The summed E-state index contributed by atoms with van der Waals surface area (Å²) in [7, 11) is 3.76. The van der Waals surface area contributed by atoms with E-state index in [1.54, 1.807) is 7.11 Å². The average Bonchev–Trinajstić information content (AvgIpc) is 2.25. The molecule has 0 bridgehead atoms. The summed E-state index contributed by atoms with van der Waals surface area (Å²) >= 11 is 0. The maximum absolute atomic E-state index is 4.99. The average molecular weight is 191 g/mol. The van der Waals surface area contributed by atoms with Gasteiger partial charge >= 0.3 is 0 Å². The monoisotopic (exact) mass is 191 g/mol. The molecule has 14 heavy (non-hydrogen) atoms. The summed E-state index contributed by atoms with van der Waals surface area (Å²) in [5.74, 6) is 0. The summed E-state index contributed by atoms with van der Waals surface area (Å²) < 4.78 is 4.99. The second kappa shape index (κ2) is 6.22. The molecule has 0 heterocycles. The predicted octanol–water partition coefficient (Wildman–Crippen LogP) is 2.24. The highest BCUT2D eigenvalue weighted by Gasteiger charge is 1.89. The van der Waals surface area contributed by atoms with Gasteiger partial charge in [0.05, 0.1) is 6.61 Å². The number of hydrogen-bond acceptors (Lipinski definition) is 2. The molecule has 1 rings (SSSR count). The fraction of sp³-hybridized carbons (Fsp3) is 0.333. The summed E-state index contributed by atoms with van der Waals surface area (Å²) in [5.41, 5.74) is 1.22. The first-order valence-corrected chi connectivity index (χ1v) is 4.75. The third-order valence-electron chi connectivity index (χ3n) is 1.97. The fourth-order valence-electron chi connectivity index (χ4n) is 1.09. The molecular weight excluding hydrogens is 174 g/mol. The molecule has 0 atom stereocenters. The molecule has 2 heteroatoms. The molecule has 0 aliphatic rings. The van der Waals surface area contributed by atoms with Crippen molar-refractivity contribution in [2.45, 2.75) is 0 Å². The third kappa shape index (κ3) is 4.10. The number of rotatable bonds is 5. The molecule has 0 saturated carbocycles. The number of ether oxygens (including phenoxy) is 1. The molecule has 1 aromatic rings. The number of methoxy groups -OCH3 is 1. The van der Waals surface area contributed by atoms with Crippen LogP contribution in [-0.2, 0) is 4.74 Å². The molecule has 0 unspecified atom stereocenters. The first-order valence-electron chi connectivity index (χ1n) is 4.75. The van der Waals surface area contributed by atoms with Gasteiger partial charge < -0.3 is 9.64 Å². The number of hydrogen-bond donors (Lipinski definition) is 0. The Morgan fingerprint density at radius 1 is 1.29 bits per heavy atom. The summed E-state index contributed by atoms with van der Waals surface area (Å²) in [5, 5.41) is 0. The lowest BCUT2D eigenvalue weighted by molar-refractivity contribution is 0.178. The lowest BCUT2D eigenvalue weighted by atomic mass is 10.2. The SMILES string of the molecule is COCCN(C)/C=C/c1ccccc1. The zero-order chi connectivity index (χ0) is 10.2. The van der Waals surface area contributed by atoms with Crippen LogP contribution in [0.2, 0.25) is 0 Å². The van der Waals surface area contributed by atoms with Crippen LogP contribution in [0, 0.1) is 0 Å². The molecular formula is C12H17NO. The van der Waals surface area contributed by atoms with Gasteiger partial charge in [-0.3, -0.25) is 0 Å². The van der Waals surface area contributed by atoms with Gasteiger partial charge in [0.1, 0.15) is 0 Å². The second-order valence-corrected chi connectivity index (χ2v) is 3.20. The van der Waals surface area contributed by atoms with E-state index in [0.717, 1.165) is 13.2 Å². The van der Waals surface area contributed by atoms with Crippen molar-refractivity contribution in [3.05, 3.63) is 42.1 Å². The highest BCUT2D eigenvalue weighted by Crippen LogP contribution is 2.01. The largest absolute Gasteiger partial charge is 0.383 e. The Balaban J connectivity index is 2.39. The van der Waals surface area contributed by atoms with E-state index in [1.165, 1.54) is 5.56 Å². The molecule has 0 N–H and O–H groups in total. The van der Waals surface area contributed by atoms with Gasteiger partial charge in [-0.1, -0.05) is 30.3 Å². The van der Waals surface area contributed by atoms with Crippen LogP contribution in [0.3, 0.4) is 0 Å². The molecule has 0 aromatic heterocycles. The van der Waals surface area contributed by atoms with E-state index in [2.05, 4.69) is 29.3 Å². The van der Waals surface area contributed by atoms with Crippen LogP contribution in [0.1, 0.15) is 5.56 Å². The number of likely N-dealkylation sites (N-methyl/N-ethyl adjacent to an activating group) is 1. The van der Waals surface area contributed by atoms with E-state index < -0.39 is 0 Å². The minimum Gasteiger partial charge on any atom is -0.383 e. The smallest absolute Gasteiger partial charge is 0.0637 e. The van der Waals surface area contributed by atoms with Crippen LogP contribution >= 0.6 is 0 Å². The van der Waals surface area contributed by atoms with Gasteiger partial charge in [-0.2, -0.15) is 0 Å². The molecule has 0 aliphatic carbocycles. The van der Waals surface area contributed by atoms with Crippen molar-refractivity contribution < 1.29 is 4.74 Å². The van der Waals surface area contributed by atoms with Gasteiger partial charge in [-0.05, 0) is 17.8 Å². The van der Waals surface area contributed by atoms with Crippen molar-refractivity contribution >= 4 is 6.08 Å². The van der Waals surface area contributed by atoms with Crippen LogP contribution in [0.25, 0.3) is 6.08 Å². The topological polar surface area (TPSA) is 12.5 Å². The van der Waals surface area contributed by atoms with Gasteiger partial charge in [0.2, 0.25) is 0 Å². The summed E-state index contributed by atoms with van der Waals surface area (Å²) in [6.45, 7) is 1.68. The zero-order valence-electron chi connectivity index (χ0n) is 8.81. The Morgan fingerprint density at radius 2 is 2.00 bits per heavy atom. The Hall–Kier alpha value is -1.28. The normalized spacial score (nSPS) is 10.7. The van der Waals surface area contributed by atoms with Crippen LogP contribution in [-0.4, -0.2) is 32.2 Å². The molecule has 1 aromatic carbocycles. The Bertz CT molecular complexity index is 269.